The van der Waals surface area contributed by atoms with Gasteiger partial charge in [-0.05, 0) is 17.4 Å². The van der Waals surface area contributed by atoms with Crippen LogP contribution in [0.25, 0.3) is 0 Å². The van der Waals surface area contributed by atoms with E-state index in [1.807, 2.05) is 0 Å². The van der Waals surface area contributed by atoms with Gasteiger partial charge in [-0.15, -0.1) is 0 Å². The summed E-state index contributed by atoms with van der Waals surface area (Å²) in [6.07, 6.45) is 3.65. The minimum atomic E-state index is -0.794. The Labute approximate surface area is 83.1 Å². The Morgan fingerprint density at radius 1 is 1.46 bits per heavy atom. The van der Waals surface area contributed by atoms with Crippen LogP contribution in [0.15, 0.2) is 24.3 Å². The Morgan fingerprint density at radius 3 is 2.38 bits per heavy atom. The van der Waals surface area contributed by atoms with E-state index in [-0.39, 0.29) is 5.69 Å². The summed E-state index contributed by atoms with van der Waals surface area (Å²) in [5.41, 5.74) is 0.0875. The molecule has 0 saturated carbocycles. The van der Waals surface area contributed by atoms with Crippen molar-refractivity contribution in [2.45, 2.75) is 0 Å². The molecule has 0 spiro atoms. The third-order valence-electron chi connectivity index (χ3n) is 1.40. The van der Waals surface area contributed by atoms with E-state index < -0.39 is 11.9 Å². The minimum Gasteiger partial charge on any atom is -0.258 e. The fourth-order valence-corrected chi connectivity index (χ4v) is 2.57. The van der Waals surface area contributed by atoms with Crippen molar-refractivity contribution in [3.63, 3.8) is 0 Å². The first-order chi connectivity index (χ1) is 6.15. The topological polar surface area (TPSA) is 43.1 Å². The van der Waals surface area contributed by atoms with E-state index in [1.54, 1.807) is 12.1 Å². The van der Waals surface area contributed by atoms with Crippen molar-refractivity contribution in [2.24, 2.45) is 0 Å². The van der Waals surface area contributed by atoms with Gasteiger partial charge in [0.1, 0.15) is 0 Å². The zero-order valence-corrected chi connectivity index (χ0v) is 9.10. The van der Waals surface area contributed by atoms with Gasteiger partial charge in [-0.25, -0.2) is 0 Å². The first-order valence-electron chi connectivity index (χ1n) is 3.32. The zero-order chi connectivity index (χ0) is 9.84. The second kappa shape index (κ2) is 4.66. The molecule has 0 aliphatic heterocycles. The van der Waals surface area contributed by atoms with E-state index >= 15 is 0 Å². The lowest BCUT2D eigenvalue weighted by molar-refractivity contribution is -0.384. The molecule has 0 bridgehead atoms. The number of non-ortho nitro benzene ring substituents is 1. The Morgan fingerprint density at radius 2 is 2.00 bits per heavy atom. The highest BCUT2D eigenvalue weighted by molar-refractivity contribution is 8.35. The monoisotopic (exact) mass is 233 g/mol. The van der Waals surface area contributed by atoms with Crippen LogP contribution in [0.5, 0.6) is 0 Å². The van der Waals surface area contributed by atoms with E-state index in [1.165, 1.54) is 12.1 Å². The lowest BCUT2D eigenvalue weighted by atomic mass is 10.3. The molecule has 1 aromatic rings. The lowest BCUT2D eigenvalue weighted by Crippen LogP contribution is -1.95. The fraction of sp³-hybridized carbons (Fsp3) is 0. The van der Waals surface area contributed by atoms with Crippen molar-refractivity contribution in [3.8, 4) is 0 Å². The van der Waals surface area contributed by atoms with E-state index in [0.717, 1.165) is 13.2 Å². The Hall–Kier alpha value is -0.490. The molecule has 0 aromatic heterocycles. The molecule has 0 fully saturated rings. The van der Waals surface area contributed by atoms with Gasteiger partial charge < -0.3 is 0 Å². The SMILES string of the molecule is C=PP(Cl)c1ccc([N+](=O)[O-])cc1. The van der Waals surface area contributed by atoms with Gasteiger partial charge in [-0.3, -0.25) is 10.1 Å². The lowest BCUT2D eigenvalue weighted by Gasteiger charge is -2.01. The van der Waals surface area contributed by atoms with E-state index in [0.29, 0.717) is 0 Å². The summed E-state index contributed by atoms with van der Waals surface area (Å²) in [5.74, 6) is 0. The number of hydrogen-bond donors (Lipinski definition) is 0. The number of benzene rings is 1. The maximum absolute atomic E-state index is 10.3. The third kappa shape index (κ3) is 2.73. The minimum absolute atomic E-state index is 0.0875. The van der Waals surface area contributed by atoms with Gasteiger partial charge in [0, 0.05) is 12.1 Å². The van der Waals surface area contributed by atoms with E-state index in [9.17, 15) is 10.1 Å². The standard InChI is InChI=1S/C7H6ClNO2P2/c1-12-13(8)7-4-2-6(3-5-7)9(10)11/h2-5H,1H2. The molecule has 1 aromatic carbocycles. The number of rotatable bonds is 3. The molecule has 13 heavy (non-hydrogen) atoms. The van der Waals surface area contributed by atoms with E-state index in [4.69, 9.17) is 11.2 Å². The van der Waals surface area contributed by atoms with Crippen LogP contribution in [0.4, 0.5) is 5.69 Å². The number of nitro groups is 1. The van der Waals surface area contributed by atoms with Crippen molar-refractivity contribution in [1.82, 2.24) is 0 Å². The smallest absolute Gasteiger partial charge is 0.258 e. The molecular weight excluding hydrogens is 227 g/mol. The molecule has 0 saturated heterocycles. The van der Waals surface area contributed by atoms with Crippen LogP contribution in [-0.4, -0.2) is 11.2 Å². The van der Waals surface area contributed by atoms with Crippen molar-refractivity contribution >= 4 is 43.4 Å². The maximum Gasteiger partial charge on any atom is 0.269 e. The van der Waals surface area contributed by atoms with Crippen molar-refractivity contribution < 1.29 is 4.92 Å². The predicted molar refractivity (Wildman–Crippen MR) is 59.5 cm³/mol. The van der Waals surface area contributed by atoms with Gasteiger partial charge >= 0.3 is 0 Å². The number of hydrogen-bond acceptors (Lipinski definition) is 2. The molecule has 0 N–H and O–H groups in total. The number of nitro benzene ring substituents is 1. The number of nitrogens with zero attached hydrogens (tertiary/aromatic N) is 1. The van der Waals surface area contributed by atoms with Crippen LogP contribution in [0.3, 0.4) is 0 Å². The van der Waals surface area contributed by atoms with Gasteiger partial charge in [0.25, 0.3) is 5.69 Å². The number of halogens is 1. The summed E-state index contributed by atoms with van der Waals surface area (Å²) in [5, 5.41) is 11.2. The summed E-state index contributed by atoms with van der Waals surface area (Å²) in [4.78, 5) is 9.89. The molecule has 0 heterocycles. The highest BCUT2D eigenvalue weighted by Crippen LogP contribution is 2.52. The zero-order valence-electron chi connectivity index (χ0n) is 6.55. The molecule has 0 aliphatic rings. The first kappa shape index (κ1) is 10.6. The van der Waals surface area contributed by atoms with Crippen LogP contribution < -0.4 is 5.30 Å². The largest absolute Gasteiger partial charge is 0.269 e. The molecule has 1 rings (SSSR count). The van der Waals surface area contributed by atoms with Gasteiger partial charge in [0.05, 0.1) is 11.9 Å². The summed E-state index contributed by atoms with van der Waals surface area (Å²) < 4.78 is 0. The van der Waals surface area contributed by atoms with Gasteiger partial charge in [-0.2, -0.15) is 0 Å². The quantitative estimate of drug-likeness (QED) is 0.457. The maximum atomic E-state index is 10.3. The molecule has 3 nitrogen and oxygen atoms in total. The van der Waals surface area contributed by atoms with Crippen LogP contribution in [0.2, 0.25) is 0 Å². The van der Waals surface area contributed by atoms with Crippen molar-refractivity contribution in [1.29, 1.82) is 0 Å². The fourth-order valence-electron chi connectivity index (χ4n) is 0.779. The van der Waals surface area contributed by atoms with Crippen molar-refractivity contribution in [3.05, 3.63) is 34.4 Å². The average molecular weight is 234 g/mol. The Kier molecular flexibility index (Phi) is 3.80. The van der Waals surface area contributed by atoms with Crippen LogP contribution in [0, 0.1) is 10.1 Å². The molecule has 1 unspecified atom stereocenters. The molecule has 68 valence electrons. The van der Waals surface area contributed by atoms with E-state index in [2.05, 4.69) is 6.30 Å². The molecule has 0 radical (unpaired) electrons. The van der Waals surface area contributed by atoms with Gasteiger partial charge in [0.15, 0.2) is 0 Å². The normalized spacial score (nSPS) is 12.7. The second-order valence-electron chi connectivity index (χ2n) is 2.18. The highest BCUT2D eigenvalue weighted by Gasteiger charge is 2.07. The highest BCUT2D eigenvalue weighted by atomic mass is 35.7. The molecular formula is C7H6ClNO2P2. The summed E-state index contributed by atoms with van der Waals surface area (Å²) in [6.45, 7) is -0.794. The molecule has 0 aliphatic carbocycles. The van der Waals surface area contributed by atoms with Crippen LogP contribution in [0.1, 0.15) is 0 Å². The second-order valence-corrected chi connectivity index (χ2v) is 7.26. The van der Waals surface area contributed by atoms with Crippen LogP contribution >= 0.6 is 26.1 Å². The Bertz CT molecular complexity index is 328. The first-order valence-corrected chi connectivity index (χ1v) is 7.35. The molecule has 6 heteroatoms. The third-order valence-corrected chi connectivity index (χ3v) is 5.36. The van der Waals surface area contributed by atoms with Gasteiger partial charge in [-0.1, -0.05) is 25.4 Å². The summed E-state index contributed by atoms with van der Waals surface area (Å²) in [7, 11) is 0.857. The summed E-state index contributed by atoms with van der Waals surface area (Å²) >= 11 is 5.94. The molecule has 0 amide bonds. The van der Waals surface area contributed by atoms with Gasteiger partial charge in [0.2, 0.25) is 0 Å². The van der Waals surface area contributed by atoms with Crippen molar-refractivity contribution in [2.75, 3.05) is 0 Å². The Balaban J connectivity index is 2.93. The van der Waals surface area contributed by atoms with Crippen LogP contribution in [-0.2, 0) is 0 Å². The predicted octanol–water partition coefficient (Wildman–Crippen LogP) is 3.15. The summed E-state index contributed by atoms with van der Waals surface area (Å²) in [6, 6.07) is 6.26. The average Bonchev–Trinajstić information content (AvgIpc) is 2.17. The molecule has 1 atom stereocenters.